The Bertz CT molecular complexity index is 657. The van der Waals surface area contributed by atoms with Gasteiger partial charge in [0.1, 0.15) is 5.82 Å². The quantitative estimate of drug-likeness (QED) is 0.678. The van der Waals surface area contributed by atoms with E-state index in [-0.39, 0.29) is 11.6 Å². The van der Waals surface area contributed by atoms with Crippen LogP contribution in [0.2, 0.25) is 0 Å². The minimum Gasteiger partial charge on any atom is -0.478 e. The number of carbonyl (C=O) groups is 2. The van der Waals surface area contributed by atoms with E-state index in [0.29, 0.717) is 16.0 Å². The van der Waals surface area contributed by atoms with Crippen molar-refractivity contribution in [2.24, 2.45) is 0 Å². The van der Waals surface area contributed by atoms with Crippen molar-refractivity contribution in [3.05, 3.63) is 46.5 Å². The second-order valence-corrected chi connectivity index (χ2v) is 5.15. The molecule has 21 heavy (non-hydrogen) atoms. The van der Waals surface area contributed by atoms with Crippen LogP contribution >= 0.6 is 15.9 Å². The molecule has 1 heterocycles. The number of urea groups is 1. The van der Waals surface area contributed by atoms with Gasteiger partial charge >= 0.3 is 12.0 Å². The molecule has 8 heteroatoms. The minimum atomic E-state index is -1.06. The van der Waals surface area contributed by atoms with Gasteiger partial charge in [0.05, 0.1) is 17.3 Å². The molecule has 0 aliphatic carbocycles. The van der Waals surface area contributed by atoms with E-state index in [4.69, 9.17) is 5.11 Å². The molecular weight excluding hydrogens is 340 g/mol. The maximum Gasteiger partial charge on any atom is 0.335 e. The molecule has 0 bridgehead atoms. The van der Waals surface area contributed by atoms with E-state index in [1.165, 1.54) is 12.1 Å². The topological polar surface area (TPSA) is 107 Å². The molecule has 2 aromatic rings. The standard InChI is InChI=1S/C13H13BrN4O3/c1-7(11-15-4-5-16-11)17-13(21)18-10-6-8(12(19)20)2-3-9(10)14/h2-7H,1H3,(H,15,16)(H,19,20)(H2,17,18,21). The van der Waals surface area contributed by atoms with Gasteiger partial charge in [0, 0.05) is 16.9 Å². The van der Waals surface area contributed by atoms with Crippen molar-refractivity contribution in [1.82, 2.24) is 15.3 Å². The fourth-order valence-corrected chi connectivity index (χ4v) is 2.04. The lowest BCUT2D eigenvalue weighted by Crippen LogP contribution is -2.31. The number of hydrogen-bond donors (Lipinski definition) is 4. The first-order valence-electron chi connectivity index (χ1n) is 6.07. The summed E-state index contributed by atoms with van der Waals surface area (Å²) < 4.78 is 0.591. The lowest BCUT2D eigenvalue weighted by Gasteiger charge is -2.13. The number of aromatic carboxylic acids is 1. The predicted molar refractivity (Wildman–Crippen MR) is 80.3 cm³/mol. The van der Waals surface area contributed by atoms with Gasteiger partial charge in [0.15, 0.2) is 0 Å². The molecule has 0 saturated carbocycles. The second-order valence-electron chi connectivity index (χ2n) is 4.29. The maximum atomic E-state index is 11.9. The predicted octanol–water partition coefficient (Wildman–Crippen LogP) is 2.75. The molecule has 1 aromatic carbocycles. The summed E-state index contributed by atoms with van der Waals surface area (Å²) in [5, 5.41) is 14.2. The second kappa shape index (κ2) is 6.40. The number of hydrogen-bond acceptors (Lipinski definition) is 3. The average Bonchev–Trinajstić information content (AvgIpc) is 2.95. The first-order valence-corrected chi connectivity index (χ1v) is 6.86. The minimum absolute atomic E-state index is 0.0904. The van der Waals surface area contributed by atoms with Gasteiger partial charge < -0.3 is 20.7 Å². The molecule has 1 atom stereocenters. The molecule has 4 N–H and O–H groups in total. The highest BCUT2D eigenvalue weighted by Crippen LogP contribution is 2.23. The van der Waals surface area contributed by atoms with Crippen molar-refractivity contribution in [2.45, 2.75) is 13.0 Å². The van der Waals surface area contributed by atoms with Crippen LogP contribution in [0.1, 0.15) is 29.1 Å². The summed E-state index contributed by atoms with van der Waals surface area (Å²) in [6.45, 7) is 1.78. The van der Waals surface area contributed by atoms with Crippen molar-refractivity contribution < 1.29 is 14.7 Å². The molecule has 7 nitrogen and oxygen atoms in total. The zero-order chi connectivity index (χ0) is 15.4. The normalized spacial score (nSPS) is 11.7. The van der Waals surface area contributed by atoms with Crippen molar-refractivity contribution in [1.29, 1.82) is 0 Å². The summed E-state index contributed by atoms with van der Waals surface area (Å²) in [5.74, 6) is -0.432. The maximum absolute atomic E-state index is 11.9. The van der Waals surface area contributed by atoms with Crippen molar-refractivity contribution in [2.75, 3.05) is 5.32 Å². The van der Waals surface area contributed by atoms with Gasteiger partial charge in [-0.1, -0.05) is 0 Å². The lowest BCUT2D eigenvalue weighted by molar-refractivity contribution is 0.0697. The van der Waals surface area contributed by atoms with Gasteiger partial charge in [-0.2, -0.15) is 0 Å². The summed E-state index contributed by atoms with van der Waals surface area (Å²) in [5.41, 5.74) is 0.464. The Hall–Kier alpha value is -2.35. The number of H-pyrrole nitrogens is 1. The Labute approximate surface area is 128 Å². The van der Waals surface area contributed by atoms with Crippen LogP contribution in [0.15, 0.2) is 35.1 Å². The summed E-state index contributed by atoms with van der Waals surface area (Å²) in [7, 11) is 0. The Balaban J connectivity index is 2.05. The number of nitrogens with one attached hydrogen (secondary N) is 3. The molecular formula is C13H13BrN4O3. The van der Waals surface area contributed by atoms with E-state index in [9.17, 15) is 9.59 Å². The monoisotopic (exact) mass is 352 g/mol. The number of benzene rings is 1. The van der Waals surface area contributed by atoms with Crippen molar-refractivity contribution in [3.8, 4) is 0 Å². The average molecular weight is 353 g/mol. The number of carbonyl (C=O) groups excluding carboxylic acids is 1. The highest BCUT2D eigenvalue weighted by molar-refractivity contribution is 9.10. The number of halogens is 1. The SMILES string of the molecule is CC(NC(=O)Nc1cc(C(=O)O)ccc1Br)c1ncc[nH]1. The number of carboxylic acids is 1. The Morgan fingerprint density at radius 3 is 2.81 bits per heavy atom. The molecule has 2 amide bonds. The van der Waals surface area contributed by atoms with E-state index >= 15 is 0 Å². The van der Waals surface area contributed by atoms with Crippen LogP contribution in [0.4, 0.5) is 10.5 Å². The smallest absolute Gasteiger partial charge is 0.335 e. The summed E-state index contributed by atoms with van der Waals surface area (Å²) in [6, 6.07) is 3.63. The third-order valence-electron chi connectivity index (χ3n) is 2.74. The van der Waals surface area contributed by atoms with E-state index in [0.717, 1.165) is 0 Å². The molecule has 0 aliphatic rings. The highest BCUT2D eigenvalue weighted by Gasteiger charge is 2.13. The molecule has 110 valence electrons. The Morgan fingerprint density at radius 1 is 1.43 bits per heavy atom. The molecule has 2 rings (SSSR count). The van der Waals surface area contributed by atoms with Gasteiger partial charge in [-0.05, 0) is 41.1 Å². The van der Waals surface area contributed by atoms with Crippen LogP contribution in [-0.2, 0) is 0 Å². The third-order valence-corrected chi connectivity index (χ3v) is 3.43. The molecule has 0 saturated heterocycles. The van der Waals surface area contributed by atoms with Gasteiger partial charge in [-0.15, -0.1) is 0 Å². The number of imidazole rings is 1. The van der Waals surface area contributed by atoms with Crippen LogP contribution in [0.25, 0.3) is 0 Å². The lowest BCUT2D eigenvalue weighted by atomic mass is 10.2. The first-order chi connectivity index (χ1) is 9.97. The van der Waals surface area contributed by atoms with Gasteiger partial charge in [0.2, 0.25) is 0 Å². The van der Waals surface area contributed by atoms with Crippen LogP contribution < -0.4 is 10.6 Å². The largest absolute Gasteiger partial charge is 0.478 e. The Morgan fingerprint density at radius 2 is 2.19 bits per heavy atom. The molecule has 0 fully saturated rings. The van der Waals surface area contributed by atoms with E-state index in [1.54, 1.807) is 25.4 Å². The number of nitrogens with zero attached hydrogens (tertiary/aromatic N) is 1. The van der Waals surface area contributed by atoms with Gasteiger partial charge in [0.25, 0.3) is 0 Å². The van der Waals surface area contributed by atoms with Gasteiger partial charge in [-0.25, -0.2) is 14.6 Å². The highest BCUT2D eigenvalue weighted by atomic mass is 79.9. The number of amides is 2. The summed E-state index contributed by atoms with van der Waals surface area (Å²) >= 11 is 3.26. The fourth-order valence-electron chi connectivity index (χ4n) is 1.69. The van der Waals surface area contributed by atoms with Crippen molar-refractivity contribution in [3.63, 3.8) is 0 Å². The van der Waals surface area contributed by atoms with Crippen molar-refractivity contribution >= 4 is 33.6 Å². The van der Waals surface area contributed by atoms with Crippen LogP contribution in [0, 0.1) is 0 Å². The van der Waals surface area contributed by atoms with Crippen LogP contribution in [0.3, 0.4) is 0 Å². The summed E-state index contributed by atoms with van der Waals surface area (Å²) in [4.78, 5) is 29.8. The zero-order valence-corrected chi connectivity index (χ0v) is 12.6. The van der Waals surface area contributed by atoms with E-state index in [2.05, 4.69) is 36.5 Å². The fraction of sp³-hybridized carbons (Fsp3) is 0.154. The Kier molecular flexibility index (Phi) is 4.59. The molecule has 1 unspecified atom stereocenters. The molecule has 0 radical (unpaired) electrons. The number of aromatic nitrogens is 2. The van der Waals surface area contributed by atoms with Crippen LogP contribution in [-0.4, -0.2) is 27.1 Å². The van der Waals surface area contributed by atoms with Gasteiger partial charge in [-0.3, -0.25) is 0 Å². The number of rotatable bonds is 4. The first kappa shape index (κ1) is 15.0. The number of carboxylic acid groups (broad SMARTS) is 1. The summed E-state index contributed by atoms with van der Waals surface area (Å²) in [6.07, 6.45) is 3.26. The molecule has 0 spiro atoms. The van der Waals surface area contributed by atoms with E-state index in [1.807, 2.05) is 0 Å². The van der Waals surface area contributed by atoms with E-state index < -0.39 is 12.0 Å². The third kappa shape index (κ3) is 3.82. The molecule has 0 aliphatic heterocycles. The van der Waals surface area contributed by atoms with Crippen LogP contribution in [0.5, 0.6) is 0 Å². The number of anilines is 1. The molecule has 1 aromatic heterocycles. The zero-order valence-electron chi connectivity index (χ0n) is 11.1. The number of aromatic amines is 1.